The molecule has 1 saturated heterocycles. The molecule has 1 heterocycles. The third-order valence-electron chi connectivity index (χ3n) is 3.46. The molecule has 0 bridgehead atoms. The van der Waals surface area contributed by atoms with E-state index >= 15 is 0 Å². The van der Waals surface area contributed by atoms with Gasteiger partial charge in [-0.3, -0.25) is 14.4 Å². The molecule has 148 valence electrons. The highest BCUT2D eigenvalue weighted by molar-refractivity contribution is 9.09. The highest BCUT2D eigenvalue weighted by Gasteiger charge is 2.49. The first kappa shape index (κ1) is 22.6. The maximum atomic E-state index is 11.5. The Morgan fingerprint density at radius 2 is 1.69 bits per heavy atom. The van der Waals surface area contributed by atoms with Crippen LogP contribution in [0.25, 0.3) is 0 Å². The topological polar surface area (TPSA) is 97.4 Å². The van der Waals surface area contributed by atoms with Crippen LogP contribution in [0.2, 0.25) is 0 Å². The highest BCUT2D eigenvalue weighted by Crippen LogP contribution is 2.32. The van der Waals surface area contributed by atoms with Crippen molar-refractivity contribution in [1.29, 1.82) is 0 Å². The van der Waals surface area contributed by atoms with Crippen LogP contribution < -0.4 is 0 Å². The number of hydrogen-bond acceptors (Lipinski definition) is 8. The minimum atomic E-state index is -0.951. The van der Waals surface area contributed by atoms with Crippen molar-refractivity contribution in [2.45, 2.75) is 63.0 Å². The number of carbonyl (C=O) groups excluding carboxylic acids is 3. The van der Waals surface area contributed by atoms with Gasteiger partial charge in [-0.15, -0.1) is 6.58 Å². The van der Waals surface area contributed by atoms with Gasteiger partial charge in [0.05, 0.1) is 6.61 Å². The first-order chi connectivity index (χ1) is 12.3. The summed E-state index contributed by atoms with van der Waals surface area (Å²) in [6, 6.07) is 0. The number of unbranched alkanes of at least 4 members (excludes halogenated alkanes) is 1. The monoisotopic (exact) mass is 436 g/mol. The van der Waals surface area contributed by atoms with Gasteiger partial charge in [0.1, 0.15) is 17.5 Å². The Kier molecular flexibility index (Phi) is 9.82. The van der Waals surface area contributed by atoms with Gasteiger partial charge in [0.2, 0.25) is 0 Å². The Balaban J connectivity index is 2.95. The van der Waals surface area contributed by atoms with Gasteiger partial charge in [-0.05, 0) is 12.8 Å². The average Bonchev–Trinajstić information content (AvgIpc) is 2.54. The van der Waals surface area contributed by atoms with Gasteiger partial charge < -0.3 is 23.7 Å². The average molecular weight is 437 g/mol. The number of esters is 3. The summed E-state index contributed by atoms with van der Waals surface area (Å²) in [5, 5.41) is 0. The maximum Gasteiger partial charge on any atom is 0.303 e. The third-order valence-corrected chi connectivity index (χ3v) is 4.42. The van der Waals surface area contributed by atoms with Crippen LogP contribution >= 0.6 is 15.9 Å². The molecule has 1 fully saturated rings. The van der Waals surface area contributed by atoms with E-state index in [2.05, 4.69) is 22.5 Å². The van der Waals surface area contributed by atoms with Crippen LogP contribution in [-0.4, -0.2) is 60.6 Å². The van der Waals surface area contributed by atoms with Gasteiger partial charge in [-0.2, -0.15) is 0 Å². The molecule has 0 N–H and O–H groups in total. The zero-order valence-electron chi connectivity index (χ0n) is 15.1. The van der Waals surface area contributed by atoms with Crippen molar-refractivity contribution < 1.29 is 38.1 Å². The Bertz CT molecular complexity index is 509. The summed E-state index contributed by atoms with van der Waals surface area (Å²) >= 11 is 3.41. The molecule has 0 aromatic heterocycles. The van der Waals surface area contributed by atoms with Crippen LogP contribution in [0.15, 0.2) is 12.7 Å². The van der Waals surface area contributed by atoms with Crippen LogP contribution in [-0.2, 0) is 38.1 Å². The van der Waals surface area contributed by atoms with Crippen LogP contribution in [0.1, 0.15) is 33.6 Å². The summed E-state index contributed by atoms with van der Waals surface area (Å²) in [5.74, 6) is -1.63. The van der Waals surface area contributed by atoms with E-state index in [1.165, 1.54) is 20.8 Å². The van der Waals surface area contributed by atoms with Crippen molar-refractivity contribution in [3.63, 3.8) is 0 Å². The molecule has 5 atom stereocenters. The first-order valence-corrected chi connectivity index (χ1v) is 9.17. The van der Waals surface area contributed by atoms with Crippen LogP contribution in [0, 0.1) is 0 Å². The van der Waals surface area contributed by atoms with Gasteiger partial charge in [0.25, 0.3) is 0 Å². The van der Waals surface area contributed by atoms with E-state index in [0.29, 0.717) is 6.61 Å². The van der Waals surface area contributed by atoms with Gasteiger partial charge in [-0.25, -0.2) is 0 Å². The Morgan fingerprint density at radius 1 is 1.08 bits per heavy atom. The normalized spacial score (nSPS) is 28.1. The maximum absolute atomic E-state index is 11.5. The molecule has 0 radical (unpaired) electrons. The van der Waals surface area contributed by atoms with E-state index in [-0.39, 0.29) is 6.61 Å². The van der Waals surface area contributed by atoms with Gasteiger partial charge in [-0.1, -0.05) is 22.0 Å². The van der Waals surface area contributed by atoms with Crippen molar-refractivity contribution >= 4 is 33.8 Å². The molecule has 1 aliphatic rings. The summed E-state index contributed by atoms with van der Waals surface area (Å²) in [6.07, 6.45) is -0.146. The van der Waals surface area contributed by atoms with Crippen LogP contribution in [0.3, 0.4) is 0 Å². The second kappa shape index (κ2) is 11.3. The van der Waals surface area contributed by atoms with E-state index in [0.717, 1.165) is 12.8 Å². The van der Waals surface area contributed by atoms with Crippen molar-refractivity contribution in [2.75, 3.05) is 13.2 Å². The molecule has 0 aromatic rings. The number of halogens is 1. The second-order valence-electron chi connectivity index (χ2n) is 5.74. The van der Waals surface area contributed by atoms with Gasteiger partial charge >= 0.3 is 17.9 Å². The predicted octanol–water partition coefficient (Wildman–Crippen LogP) is 1.88. The van der Waals surface area contributed by atoms with Crippen LogP contribution in [0.4, 0.5) is 0 Å². The largest absolute Gasteiger partial charge is 0.463 e. The summed E-state index contributed by atoms with van der Waals surface area (Å²) in [7, 11) is 0. The van der Waals surface area contributed by atoms with Crippen molar-refractivity contribution in [2.24, 2.45) is 0 Å². The molecule has 0 aliphatic carbocycles. The minimum Gasteiger partial charge on any atom is -0.463 e. The van der Waals surface area contributed by atoms with E-state index in [1.54, 1.807) is 6.08 Å². The molecule has 0 amide bonds. The highest BCUT2D eigenvalue weighted by atomic mass is 79.9. The van der Waals surface area contributed by atoms with E-state index < -0.39 is 47.3 Å². The summed E-state index contributed by atoms with van der Waals surface area (Å²) < 4.78 is 27.1. The fourth-order valence-corrected chi connectivity index (χ4v) is 3.11. The van der Waals surface area contributed by atoms with E-state index in [9.17, 15) is 14.4 Å². The molecule has 9 heteroatoms. The minimum absolute atomic E-state index is 0.169. The van der Waals surface area contributed by atoms with E-state index in [1.807, 2.05) is 0 Å². The number of carbonyl (C=O) groups is 3. The SMILES string of the molecule is C=CCCCOC1O[C@H](COC(C)=O)[C@@H](OC(C)=O)[C@H](OC(C)=O)[C@H]1Br. The Labute approximate surface area is 161 Å². The number of hydrogen-bond donors (Lipinski definition) is 0. The molecule has 26 heavy (non-hydrogen) atoms. The summed E-state index contributed by atoms with van der Waals surface area (Å²) in [6.45, 7) is 7.60. The molecule has 1 unspecified atom stereocenters. The van der Waals surface area contributed by atoms with Gasteiger partial charge in [0, 0.05) is 20.8 Å². The number of ether oxygens (including phenoxy) is 5. The first-order valence-electron chi connectivity index (χ1n) is 8.26. The fraction of sp³-hybridized carbons (Fsp3) is 0.706. The molecule has 8 nitrogen and oxygen atoms in total. The van der Waals surface area contributed by atoms with Crippen molar-refractivity contribution in [1.82, 2.24) is 0 Å². The second-order valence-corrected chi connectivity index (χ2v) is 6.80. The molecule has 0 aromatic carbocycles. The Hall–Kier alpha value is -1.45. The van der Waals surface area contributed by atoms with Crippen molar-refractivity contribution in [3.8, 4) is 0 Å². The van der Waals surface area contributed by atoms with Gasteiger partial charge in [0.15, 0.2) is 18.5 Å². The summed E-state index contributed by atoms with van der Waals surface area (Å²) in [5.41, 5.74) is 0. The third kappa shape index (κ3) is 7.43. The summed E-state index contributed by atoms with van der Waals surface area (Å²) in [4.78, 5) is 33.6. The molecule has 0 saturated carbocycles. The zero-order chi connectivity index (χ0) is 19.7. The molecule has 1 aliphatic heterocycles. The number of allylic oxidation sites excluding steroid dienone is 1. The molecule has 1 rings (SSSR count). The smallest absolute Gasteiger partial charge is 0.303 e. The Morgan fingerprint density at radius 3 is 2.23 bits per heavy atom. The number of rotatable bonds is 9. The fourth-order valence-electron chi connectivity index (χ4n) is 2.42. The molecule has 0 spiro atoms. The lowest BCUT2D eigenvalue weighted by molar-refractivity contribution is -0.261. The van der Waals surface area contributed by atoms with Crippen molar-refractivity contribution in [3.05, 3.63) is 12.7 Å². The molecular formula is C17H25BrO8. The van der Waals surface area contributed by atoms with Crippen LogP contribution in [0.5, 0.6) is 0 Å². The predicted molar refractivity (Wildman–Crippen MR) is 94.5 cm³/mol. The lowest BCUT2D eigenvalue weighted by Gasteiger charge is -2.42. The quantitative estimate of drug-likeness (QED) is 0.177. The molecular weight excluding hydrogens is 412 g/mol. The van der Waals surface area contributed by atoms with E-state index in [4.69, 9.17) is 23.7 Å². The standard InChI is InChI=1S/C17H25BrO8/c1-5-6-7-8-22-17-14(18)16(25-12(4)21)15(24-11(3)20)13(26-17)9-23-10(2)19/h5,13-17H,1,6-9H2,2-4H3/t13-,14-,15-,16-,17?/m1/s1. The lowest BCUT2D eigenvalue weighted by atomic mass is 10.0. The number of alkyl halides is 1. The zero-order valence-corrected chi connectivity index (χ0v) is 16.7. The lowest BCUT2D eigenvalue weighted by Crippen LogP contribution is -2.60.